The number of anilines is 2. The molecule has 36 heavy (non-hydrogen) atoms. The van der Waals surface area contributed by atoms with Crippen molar-refractivity contribution in [3.05, 3.63) is 126 Å². The van der Waals surface area contributed by atoms with E-state index in [-0.39, 0.29) is 11.8 Å². The minimum absolute atomic E-state index is 0.0921. The number of thioether (sulfide) groups is 1. The molecule has 0 aromatic heterocycles. The maximum Gasteiger partial charge on any atom is 0.248 e. The van der Waals surface area contributed by atoms with Crippen LogP contribution in [0.1, 0.15) is 26.7 Å². The number of benzene rings is 4. The van der Waals surface area contributed by atoms with E-state index < -0.39 is 11.2 Å². The van der Waals surface area contributed by atoms with E-state index in [1.807, 2.05) is 84.9 Å². The van der Waals surface area contributed by atoms with Gasteiger partial charge < -0.3 is 16.4 Å². The second-order valence-electron chi connectivity index (χ2n) is 8.07. The molecule has 0 aliphatic rings. The molecule has 0 spiro atoms. The summed E-state index contributed by atoms with van der Waals surface area (Å²) in [5, 5.41) is 5.32. The van der Waals surface area contributed by atoms with Gasteiger partial charge in [-0.1, -0.05) is 60.7 Å². The Balaban J connectivity index is 1.44. The van der Waals surface area contributed by atoms with Gasteiger partial charge in [0.2, 0.25) is 17.7 Å². The lowest BCUT2D eigenvalue weighted by atomic mass is 10.1. The molecule has 4 aromatic rings. The van der Waals surface area contributed by atoms with Crippen molar-refractivity contribution in [3.63, 3.8) is 0 Å². The zero-order valence-corrected chi connectivity index (χ0v) is 20.2. The van der Waals surface area contributed by atoms with Crippen molar-refractivity contribution in [1.29, 1.82) is 0 Å². The second-order valence-corrected chi connectivity index (χ2v) is 9.25. The molecular weight excluding hydrogens is 470 g/mol. The molecule has 0 saturated heterocycles. The number of primary amides is 1. The summed E-state index contributed by atoms with van der Waals surface area (Å²) >= 11 is 1.41. The molecule has 0 aliphatic carbocycles. The lowest BCUT2D eigenvalue weighted by Crippen LogP contribution is -2.19. The Bertz CT molecular complexity index is 1330. The smallest absolute Gasteiger partial charge is 0.248 e. The van der Waals surface area contributed by atoms with E-state index in [2.05, 4.69) is 10.6 Å². The van der Waals surface area contributed by atoms with Crippen LogP contribution in [0.2, 0.25) is 0 Å². The molecule has 0 saturated carbocycles. The van der Waals surface area contributed by atoms with Crippen LogP contribution in [0.3, 0.4) is 0 Å². The first-order chi connectivity index (χ1) is 17.5. The van der Waals surface area contributed by atoms with Gasteiger partial charge in [0, 0.05) is 21.8 Å². The quantitative estimate of drug-likeness (QED) is 0.269. The first-order valence-corrected chi connectivity index (χ1v) is 12.2. The maximum atomic E-state index is 13.2. The number of carbonyl (C=O) groups excluding carboxylic acids is 3. The van der Waals surface area contributed by atoms with E-state index >= 15 is 0 Å². The van der Waals surface area contributed by atoms with Crippen molar-refractivity contribution in [1.82, 2.24) is 0 Å². The zero-order valence-electron chi connectivity index (χ0n) is 19.4. The summed E-state index contributed by atoms with van der Waals surface area (Å²) in [6, 6.07) is 32.9. The summed E-state index contributed by atoms with van der Waals surface area (Å²) in [4.78, 5) is 37.8. The molecule has 0 radical (unpaired) electrons. The molecule has 4 N–H and O–H groups in total. The van der Waals surface area contributed by atoms with Crippen molar-refractivity contribution < 1.29 is 14.4 Å². The van der Waals surface area contributed by atoms with Gasteiger partial charge in [-0.05, 0) is 59.7 Å². The molecular formula is C29H25N3O3S. The molecule has 6 nitrogen and oxygen atoms in total. The molecule has 0 heterocycles. The van der Waals surface area contributed by atoms with Gasteiger partial charge in [0.15, 0.2) is 0 Å². The van der Waals surface area contributed by atoms with E-state index in [0.717, 1.165) is 16.0 Å². The molecule has 3 amide bonds. The topological polar surface area (TPSA) is 101 Å². The van der Waals surface area contributed by atoms with Crippen LogP contribution < -0.4 is 16.4 Å². The largest absolute Gasteiger partial charge is 0.366 e. The van der Waals surface area contributed by atoms with E-state index in [9.17, 15) is 14.4 Å². The zero-order chi connectivity index (χ0) is 25.3. The highest BCUT2D eigenvalue weighted by Crippen LogP contribution is 2.36. The number of rotatable bonds is 9. The summed E-state index contributed by atoms with van der Waals surface area (Å²) in [6.45, 7) is 0. The number of hydrogen-bond acceptors (Lipinski definition) is 4. The average molecular weight is 496 g/mol. The third-order valence-corrected chi connectivity index (χ3v) is 6.64. The van der Waals surface area contributed by atoms with Gasteiger partial charge in [0.05, 0.1) is 6.42 Å². The Kier molecular flexibility index (Phi) is 8.16. The average Bonchev–Trinajstić information content (AvgIpc) is 2.89. The van der Waals surface area contributed by atoms with Crippen LogP contribution in [0.25, 0.3) is 0 Å². The summed E-state index contributed by atoms with van der Waals surface area (Å²) in [7, 11) is 0. The number of nitrogens with two attached hydrogens (primary N) is 1. The van der Waals surface area contributed by atoms with Gasteiger partial charge in [0.25, 0.3) is 0 Å². The molecule has 4 rings (SSSR count). The highest BCUT2D eigenvalue weighted by molar-refractivity contribution is 8.00. The normalized spacial score (nSPS) is 11.3. The standard InChI is InChI=1S/C29H25N3O3S/c30-28(34)22-11-13-24(14-12-22)32-29(35)27(21-9-5-2-6-10-21)36-25-17-15-23(16-18-25)31-26(33)19-20-7-3-1-4-8-20/h1-18,27H,19H2,(H2,30,34)(H,31,33)(H,32,35). The molecule has 0 bridgehead atoms. The molecule has 180 valence electrons. The van der Waals surface area contributed by atoms with E-state index in [0.29, 0.717) is 23.4 Å². The third-order valence-electron chi connectivity index (χ3n) is 5.38. The summed E-state index contributed by atoms with van der Waals surface area (Å²) in [5.41, 5.74) is 8.73. The summed E-state index contributed by atoms with van der Waals surface area (Å²) < 4.78 is 0. The van der Waals surface area contributed by atoms with Crippen molar-refractivity contribution in [2.45, 2.75) is 16.6 Å². The van der Waals surface area contributed by atoms with Crippen LogP contribution in [0.4, 0.5) is 11.4 Å². The van der Waals surface area contributed by atoms with E-state index in [4.69, 9.17) is 5.73 Å². The number of carbonyl (C=O) groups is 3. The minimum atomic E-state index is -0.523. The Hall–Kier alpha value is -4.36. The van der Waals surface area contributed by atoms with Crippen molar-refractivity contribution in [3.8, 4) is 0 Å². The fourth-order valence-electron chi connectivity index (χ4n) is 3.57. The molecule has 4 aromatic carbocycles. The molecule has 1 atom stereocenters. The van der Waals surface area contributed by atoms with E-state index in [1.54, 1.807) is 24.3 Å². The van der Waals surface area contributed by atoms with Crippen LogP contribution >= 0.6 is 11.8 Å². The van der Waals surface area contributed by atoms with Gasteiger partial charge in [-0.25, -0.2) is 0 Å². The second kappa shape index (κ2) is 11.9. The number of amides is 3. The van der Waals surface area contributed by atoms with Gasteiger partial charge in [0.1, 0.15) is 5.25 Å². The van der Waals surface area contributed by atoms with Gasteiger partial charge in [-0.3, -0.25) is 14.4 Å². The number of nitrogens with one attached hydrogen (secondary N) is 2. The summed E-state index contributed by atoms with van der Waals surface area (Å²) in [5.74, 6) is -0.811. The number of hydrogen-bond donors (Lipinski definition) is 3. The van der Waals surface area contributed by atoms with Gasteiger partial charge >= 0.3 is 0 Å². The Morgan fingerprint density at radius 2 is 1.25 bits per heavy atom. The van der Waals surface area contributed by atoms with Gasteiger partial charge in [-0.2, -0.15) is 0 Å². The van der Waals surface area contributed by atoms with Crippen molar-refractivity contribution in [2.24, 2.45) is 5.73 Å². The first-order valence-electron chi connectivity index (χ1n) is 11.3. The minimum Gasteiger partial charge on any atom is -0.366 e. The highest BCUT2D eigenvalue weighted by Gasteiger charge is 2.22. The van der Waals surface area contributed by atoms with Gasteiger partial charge in [-0.15, -0.1) is 11.8 Å². The van der Waals surface area contributed by atoms with Crippen LogP contribution in [0.5, 0.6) is 0 Å². The SMILES string of the molecule is NC(=O)c1ccc(NC(=O)C(Sc2ccc(NC(=O)Cc3ccccc3)cc2)c2ccccc2)cc1. The lowest BCUT2D eigenvalue weighted by Gasteiger charge is -2.17. The predicted octanol–water partition coefficient (Wildman–Crippen LogP) is 5.44. The molecule has 0 aliphatic heterocycles. The highest BCUT2D eigenvalue weighted by atomic mass is 32.2. The molecule has 0 fully saturated rings. The van der Waals surface area contributed by atoms with Crippen LogP contribution in [0.15, 0.2) is 114 Å². The lowest BCUT2D eigenvalue weighted by molar-refractivity contribution is -0.116. The maximum absolute atomic E-state index is 13.2. The van der Waals surface area contributed by atoms with Crippen molar-refractivity contribution >= 4 is 40.9 Å². The predicted molar refractivity (Wildman–Crippen MR) is 144 cm³/mol. The molecule has 7 heteroatoms. The van der Waals surface area contributed by atoms with Crippen LogP contribution in [0, 0.1) is 0 Å². The Morgan fingerprint density at radius 1 is 0.694 bits per heavy atom. The Morgan fingerprint density at radius 3 is 1.86 bits per heavy atom. The van der Waals surface area contributed by atoms with Crippen molar-refractivity contribution in [2.75, 3.05) is 10.6 Å². The summed E-state index contributed by atoms with van der Waals surface area (Å²) in [6.07, 6.45) is 0.300. The third kappa shape index (κ3) is 6.84. The fraction of sp³-hybridized carbons (Fsp3) is 0.0690. The Labute approximate surface area is 213 Å². The van der Waals surface area contributed by atoms with Crippen LogP contribution in [-0.4, -0.2) is 17.7 Å². The van der Waals surface area contributed by atoms with E-state index in [1.165, 1.54) is 11.8 Å². The monoisotopic (exact) mass is 495 g/mol. The molecule has 1 unspecified atom stereocenters. The first kappa shape index (κ1) is 24.8. The fourth-order valence-corrected chi connectivity index (χ4v) is 4.59. The van der Waals surface area contributed by atoms with Crippen LogP contribution in [-0.2, 0) is 16.0 Å².